The van der Waals surface area contributed by atoms with Gasteiger partial charge in [-0.05, 0) is 0 Å². The summed E-state index contributed by atoms with van der Waals surface area (Å²) in [6.07, 6.45) is 0. The molecule has 0 heterocycles. The van der Waals surface area contributed by atoms with Gasteiger partial charge in [-0.1, -0.05) is 34.8 Å². The number of rotatable bonds is 0. The van der Waals surface area contributed by atoms with Gasteiger partial charge in [-0.3, -0.25) is 0 Å². The Bertz CT molecular complexity index is 11.6. The Hall–Kier alpha value is 2.34. The zero-order valence-electron chi connectivity index (χ0n) is 2.42. The first-order chi connectivity index (χ1) is 1.73. The summed E-state index contributed by atoms with van der Waals surface area (Å²) in [5.41, 5.74) is 0. The fraction of sp³-hybridized carbons (Fsp3) is 1.00. The molecule has 0 saturated heterocycles. The molecule has 0 aromatic heterocycles. The number of alkyl halides is 3. The molecule has 2 radical (unpaired) electrons. The molecule has 5 heavy (non-hydrogen) atoms. The Morgan fingerprint density at radius 2 is 1.00 bits per heavy atom. The smallest absolute Gasteiger partial charge is 0.0874 e. The van der Waals surface area contributed by atoms with Crippen molar-refractivity contribution in [1.29, 1.82) is 0 Å². The first-order valence-electron chi connectivity index (χ1n) is 0.655. The molecule has 0 bridgehead atoms. The third-order valence-corrected chi connectivity index (χ3v) is 0. The van der Waals surface area contributed by atoms with Gasteiger partial charge in [0.2, 0.25) is 0 Å². The van der Waals surface area contributed by atoms with Gasteiger partial charge < -0.3 is 0 Å². The summed E-state index contributed by atoms with van der Waals surface area (Å²) in [5.74, 6) is 0. The van der Waals surface area contributed by atoms with E-state index in [1.807, 2.05) is 0 Å². The van der Waals surface area contributed by atoms with E-state index in [0.717, 1.165) is 0 Å². The largest absolute Gasteiger partial charge is 0.180 e. The fourth-order valence-corrected chi connectivity index (χ4v) is 0. The molecule has 0 N–H and O–H groups in total. The van der Waals surface area contributed by atoms with Crippen LogP contribution in [-0.4, -0.2) is 4.30 Å². The van der Waals surface area contributed by atoms with Crippen LogP contribution in [0.1, 0.15) is 0 Å². The first kappa shape index (κ1) is 10.3. The predicted molar refractivity (Wildman–Crippen MR) is 21.3 cm³/mol. The maximum Gasteiger partial charge on any atom is 0.180 e. The van der Waals surface area contributed by atoms with Gasteiger partial charge in [-0.25, -0.2) is 0 Å². The van der Waals surface area contributed by atoms with Crippen LogP contribution < -0.4 is 0 Å². The maximum atomic E-state index is 4.81. The molecule has 0 rings (SSSR count). The molecule has 0 spiro atoms. The van der Waals surface area contributed by atoms with E-state index >= 15 is 0 Å². The summed E-state index contributed by atoms with van der Waals surface area (Å²) >= 11 is 14.4. The quantitative estimate of drug-likeness (QED) is 0.589. The molecule has 0 saturated carbocycles. The molecule has 0 atom stereocenters. The van der Waals surface area contributed by atoms with Crippen molar-refractivity contribution in [2.45, 2.75) is 4.30 Å². The van der Waals surface area contributed by atoms with Gasteiger partial charge >= 0.3 is 0 Å². The first-order valence-corrected chi connectivity index (χ1v) is 1.96. The Balaban J connectivity index is 0. The van der Waals surface area contributed by atoms with Crippen LogP contribution in [-0.2, 0) is 0 Å². The van der Waals surface area contributed by atoms with Crippen LogP contribution in [0.2, 0.25) is 0 Å². The van der Waals surface area contributed by atoms with Crippen molar-refractivity contribution in [3.63, 3.8) is 0 Å². The normalized spacial score (nSPS) is 7.20. The second-order valence-corrected chi connectivity index (χ2v) is 2.23. The maximum absolute atomic E-state index is 4.81. The third kappa shape index (κ3) is 21.8. The van der Waals surface area contributed by atoms with Crippen molar-refractivity contribution in [3.05, 3.63) is 0 Å². The Kier molecular flexibility index (Phi) is 13.1. The molecule has 0 aliphatic rings. The van der Waals surface area contributed by atoms with Gasteiger partial charge in [0.1, 0.15) is 0 Å². The second kappa shape index (κ2) is 6.34. The summed E-state index contributed by atoms with van der Waals surface area (Å²) in [4.78, 5) is 0. The minimum atomic E-state index is -0.750. The molecule has 0 unspecified atom stereocenters. The monoisotopic (exact) mass is 344 g/mol. The van der Waals surface area contributed by atoms with E-state index in [9.17, 15) is 0 Å². The fourth-order valence-electron chi connectivity index (χ4n) is 0. The van der Waals surface area contributed by atoms with E-state index in [-0.39, 0.29) is 45.0 Å². The van der Waals surface area contributed by atoms with E-state index in [2.05, 4.69) is 0 Å². The molecule has 0 nitrogen and oxygen atoms in total. The van der Waals surface area contributed by atoms with Gasteiger partial charge in [0.05, 0.1) is 0 Å². The molecular weight excluding hydrogens is 344 g/mol. The van der Waals surface area contributed by atoms with Crippen molar-refractivity contribution in [2.75, 3.05) is 0 Å². The van der Waals surface area contributed by atoms with Crippen LogP contribution in [0.15, 0.2) is 0 Å². The van der Waals surface area contributed by atoms with Crippen molar-refractivity contribution in [3.8, 4) is 0 Å². The van der Waals surface area contributed by atoms with Crippen molar-refractivity contribution in [2.24, 2.45) is 0 Å². The van der Waals surface area contributed by atoms with Crippen LogP contribution in [0.4, 0.5) is 0 Å². The van der Waals surface area contributed by atoms with Crippen LogP contribution >= 0.6 is 34.8 Å². The van der Waals surface area contributed by atoms with E-state index in [4.69, 9.17) is 34.8 Å². The van der Waals surface area contributed by atoms with Crippen LogP contribution in [0.25, 0.3) is 0 Å². The average Bonchev–Trinajstić information content (AvgIpc) is 0.811. The topological polar surface area (TPSA) is 0 Å². The molecule has 0 amide bonds. The Morgan fingerprint density at radius 3 is 1.00 bits per heavy atom. The molecule has 28 valence electrons. The molecular formula is CHCl3Ra. The molecule has 0 aromatic rings. The van der Waals surface area contributed by atoms with E-state index < -0.39 is 4.30 Å². The van der Waals surface area contributed by atoms with Gasteiger partial charge in [-0.2, -0.15) is 0 Å². The number of hydrogen-bond donors (Lipinski definition) is 0. The van der Waals surface area contributed by atoms with E-state index in [0.29, 0.717) is 0 Å². The Labute approximate surface area is 82.6 Å². The second-order valence-electron chi connectivity index (χ2n) is 0.247. The van der Waals surface area contributed by atoms with Crippen LogP contribution in [0, 0.1) is 45.0 Å². The average molecular weight is 345 g/mol. The number of hydrogen-bond acceptors (Lipinski definition) is 0. The summed E-state index contributed by atoms with van der Waals surface area (Å²) < 4.78 is -0.750. The van der Waals surface area contributed by atoms with Gasteiger partial charge in [0.25, 0.3) is 0 Å². The molecule has 0 aliphatic heterocycles. The summed E-state index contributed by atoms with van der Waals surface area (Å²) in [7, 11) is 0. The van der Waals surface area contributed by atoms with Gasteiger partial charge in [0.15, 0.2) is 4.30 Å². The van der Waals surface area contributed by atoms with Crippen LogP contribution in [0.3, 0.4) is 0 Å². The zero-order valence-corrected chi connectivity index (χ0v) is 10.5. The molecule has 4 heteroatoms. The van der Waals surface area contributed by atoms with E-state index in [1.54, 1.807) is 0 Å². The van der Waals surface area contributed by atoms with Gasteiger partial charge in [-0.15, -0.1) is 0 Å². The zero-order chi connectivity index (χ0) is 3.58. The third-order valence-electron chi connectivity index (χ3n) is 0. The van der Waals surface area contributed by atoms with Crippen LogP contribution in [0.5, 0.6) is 0 Å². The van der Waals surface area contributed by atoms with Crippen molar-refractivity contribution in [1.82, 2.24) is 0 Å². The van der Waals surface area contributed by atoms with Crippen molar-refractivity contribution < 1.29 is 45.0 Å². The summed E-state index contributed by atoms with van der Waals surface area (Å²) in [5, 5.41) is 0. The standard InChI is InChI=1S/CHCl3.Ra/c2-1(3)4;/h1H;. The minimum absolute atomic E-state index is 0. The summed E-state index contributed by atoms with van der Waals surface area (Å²) in [6.45, 7) is 0. The molecule has 0 fully saturated rings. The molecule has 0 aromatic carbocycles. The SMILES string of the molecule is ClC(Cl)Cl.[Ra]. The Morgan fingerprint density at radius 1 is 1.00 bits per heavy atom. The van der Waals surface area contributed by atoms with Crippen molar-refractivity contribution >= 4 is 34.8 Å². The molecule has 0 aliphatic carbocycles. The summed E-state index contributed by atoms with van der Waals surface area (Å²) in [6, 6.07) is 0. The minimum Gasteiger partial charge on any atom is -0.0874 e. The number of halogens is 3. The van der Waals surface area contributed by atoms with E-state index in [1.165, 1.54) is 0 Å². The predicted octanol–water partition coefficient (Wildman–Crippen LogP) is 1.99. The van der Waals surface area contributed by atoms with Gasteiger partial charge in [0, 0.05) is 45.0 Å².